The first kappa shape index (κ1) is 17.7. The number of amides is 1. The lowest BCUT2D eigenvalue weighted by atomic mass is 9.77. The predicted molar refractivity (Wildman–Crippen MR) is 91.7 cm³/mol. The molecule has 1 saturated heterocycles. The zero-order valence-electron chi connectivity index (χ0n) is 14.7. The van der Waals surface area contributed by atoms with Crippen molar-refractivity contribution in [1.29, 1.82) is 0 Å². The molecule has 1 heterocycles. The molecule has 1 N–H and O–H groups in total. The third kappa shape index (κ3) is 3.35. The van der Waals surface area contributed by atoms with E-state index in [4.69, 9.17) is 9.47 Å². The van der Waals surface area contributed by atoms with Crippen molar-refractivity contribution in [1.82, 2.24) is 4.90 Å². The van der Waals surface area contributed by atoms with E-state index in [1.54, 1.807) is 12.0 Å². The van der Waals surface area contributed by atoms with Gasteiger partial charge in [-0.3, -0.25) is 4.79 Å². The van der Waals surface area contributed by atoms with Crippen LogP contribution in [0, 0.1) is 0 Å². The van der Waals surface area contributed by atoms with Gasteiger partial charge in [0.05, 0.1) is 25.2 Å². The molecule has 1 saturated carbocycles. The van der Waals surface area contributed by atoms with E-state index in [9.17, 15) is 14.7 Å². The van der Waals surface area contributed by atoms with Gasteiger partial charge in [-0.25, -0.2) is 4.79 Å². The molecule has 6 heteroatoms. The topological polar surface area (TPSA) is 76.1 Å². The van der Waals surface area contributed by atoms with E-state index in [0.717, 1.165) is 37.0 Å². The summed E-state index contributed by atoms with van der Waals surface area (Å²) in [7, 11) is 1.62. The van der Waals surface area contributed by atoms with Gasteiger partial charge in [0.25, 0.3) is 0 Å². The molecular formula is C19H25NO5. The Morgan fingerprint density at radius 2 is 1.84 bits per heavy atom. The molecule has 0 bridgehead atoms. The van der Waals surface area contributed by atoms with E-state index < -0.39 is 17.5 Å². The Bertz CT molecular complexity index is 636. The van der Waals surface area contributed by atoms with E-state index >= 15 is 0 Å². The molecule has 136 valence electrons. The van der Waals surface area contributed by atoms with Crippen molar-refractivity contribution >= 4 is 11.9 Å². The fraction of sp³-hybridized carbons (Fsp3) is 0.579. The van der Waals surface area contributed by atoms with Crippen LogP contribution < -0.4 is 4.74 Å². The van der Waals surface area contributed by atoms with Crippen LogP contribution in [0.5, 0.6) is 5.75 Å². The summed E-state index contributed by atoms with van der Waals surface area (Å²) in [6.45, 7) is 2.35. The number of hydrogen-bond acceptors (Lipinski definition) is 4. The summed E-state index contributed by atoms with van der Waals surface area (Å²) < 4.78 is 10.7. The summed E-state index contributed by atoms with van der Waals surface area (Å²) in [5.41, 5.74) is 0.425. The molecule has 2 atom stereocenters. The van der Waals surface area contributed by atoms with E-state index in [0.29, 0.717) is 6.54 Å². The number of carboxylic acids is 1. The first-order chi connectivity index (χ1) is 12.0. The largest absolute Gasteiger partial charge is 0.497 e. The van der Waals surface area contributed by atoms with Crippen LogP contribution in [-0.4, -0.2) is 54.3 Å². The summed E-state index contributed by atoms with van der Waals surface area (Å²) in [6, 6.07) is 7.68. The lowest BCUT2D eigenvalue weighted by Crippen LogP contribution is -2.56. The highest BCUT2D eigenvalue weighted by molar-refractivity contribution is 5.89. The maximum atomic E-state index is 13.4. The minimum Gasteiger partial charge on any atom is -0.497 e. The van der Waals surface area contributed by atoms with E-state index in [1.165, 1.54) is 0 Å². The molecule has 0 spiro atoms. The molecule has 1 aromatic carbocycles. The van der Waals surface area contributed by atoms with Gasteiger partial charge in [0, 0.05) is 6.54 Å². The molecule has 1 aromatic rings. The number of morpholine rings is 1. The van der Waals surface area contributed by atoms with Gasteiger partial charge in [-0.15, -0.1) is 0 Å². The van der Waals surface area contributed by atoms with Gasteiger partial charge >= 0.3 is 5.97 Å². The normalized spacial score (nSPS) is 25.6. The Morgan fingerprint density at radius 3 is 2.40 bits per heavy atom. The maximum Gasteiger partial charge on any atom is 0.334 e. The van der Waals surface area contributed by atoms with Crippen LogP contribution in [0.2, 0.25) is 0 Å². The van der Waals surface area contributed by atoms with Gasteiger partial charge in [0.1, 0.15) is 5.75 Å². The standard InChI is InChI=1S/C19H25NO5/c1-13-11-20(12-16(25-13)17(21)22)18(23)19(9-3-4-10-19)14-5-7-15(24-2)8-6-14/h5-8,13,16H,3-4,9-12H2,1-2H3,(H,21,22)/t13-,16?/m1/s1. The number of methoxy groups -OCH3 is 1. The average molecular weight is 347 g/mol. The number of hydrogen-bond donors (Lipinski definition) is 1. The molecule has 1 unspecified atom stereocenters. The Hall–Kier alpha value is -2.08. The number of carbonyl (C=O) groups is 2. The molecule has 1 aliphatic heterocycles. The molecule has 2 fully saturated rings. The number of aliphatic carboxylic acids is 1. The van der Waals surface area contributed by atoms with Crippen molar-refractivity contribution in [2.45, 2.75) is 50.2 Å². The molecule has 6 nitrogen and oxygen atoms in total. The number of carbonyl (C=O) groups excluding carboxylic acids is 1. The quantitative estimate of drug-likeness (QED) is 0.904. The van der Waals surface area contributed by atoms with Crippen molar-refractivity contribution in [3.8, 4) is 5.75 Å². The van der Waals surface area contributed by atoms with Gasteiger partial charge in [0.2, 0.25) is 5.91 Å². The third-order valence-corrected chi connectivity index (χ3v) is 5.33. The van der Waals surface area contributed by atoms with Gasteiger partial charge < -0.3 is 19.5 Å². The molecule has 0 aromatic heterocycles. The molecule has 1 amide bonds. The van der Waals surface area contributed by atoms with Gasteiger partial charge in [-0.2, -0.15) is 0 Å². The highest BCUT2D eigenvalue weighted by Crippen LogP contribution is 2.43. The van der Waals surface area contributed by atoms with Crippen LogP contribution in [0.4, 0.5) is 0 Å². The molecule has 0 radical (unpaired) electrons. The fourth-order valence-corrected chi connectivity index (χ4v) is 4.07. The summed E-state index contributed by atoms with van der Waals surface area (Å²) in [5, 5.41) is 9.28. The number of benzene rings is 1. The first-order valence-electron chi connectivity index (χ1n) is 8.78. The van der Waals surface area contributed by atoms with Crippen LogP contribution in [0.3, 0.4) is 0 Å². The average Bonchev–Trinajstić information content (AvgIpc) is 3.11. The van der Waals surface area contributed by atoms with Crippen molar-refractivity contribution in [3.05, 3.63) is 29.8 Å². The van der Waals surface area contributed by atoms with Gasteiger partial charge in [0.15, 0.2) is 6.10 Å². The number of carboxylic acid groups (broad SMARTS) is 1. The maximum absolute atomic E-state index is 13.4. The monoisotopic (exact) mass is 347 g/mol. The zero-order valence-corrected chi connectivity index (χ0v) is 14.7. The summed E-state index contributed by atoms with van der Waals surface area (Å²) >= 11 is 0. The lowest BCUT2D eigenvalue weighted by Gasteiger charge is -2.40. The van der Waals surface area contributed by atoms with Crippen LogP contribution in [-0.2, 0) is 19.7 Å². The van der Waals surface area contributed by atoms with Crippen LogP contribution in [0.25, 0.3) is 0 Å². The van der Waals surface area contributed by atoms with Crippen molar-refractivity contribution in [3.63, 3.8) is 0 Å². The highest BCUT2D eigenvalue weighted by Gasteiger charge is 2.47. The lowest BCUT2D eigenvalue weighted by molar-refractivity contribution is -0.168. The zero-order chi connectivity index (χ0) is 18.0. The SMILES string of the molecule is COc1ccc(C2(C(=O)N3CC(C(=O)O)O[C@H](C)C3)CCCC2)cc1. The van der Waals surface area contributed by atoms with Crippen LogP contribution in [0.1, 0.15) is 38.2 Å². The fourth-order valence-electron chi connectivity index (χ4n) is 4.07. The molecule has 3 rings (SSSR count). The highest BCUT2D eigenvalue weighted by atomic mass is 16.5. The van der Waals surface area contributed by atoms with E-state index in [-0.39, 0.29) is 18.6 Å². The Kier molecular flexibility index (Phi) is 4.99. The van der Waals surface area contributed by atoms with Crippen molar-refractivity contribution < 1.29 is 24.2 Å². The molecular weight excluding hydrogens is 322 g/mol. The van der Waals surface area contributed by atoms with Gasteiger partial charge in [-0.1, -0.05) is 25.0 Å². The summed E-state index contributed by atoms with van der Waals surface area (Å²) in [6.07, 6.45) is 2.35. The van der Waals surface area contributed by atoms with Gasteiger partial charge in [-0.05, 0) is 37.5 Å². The Labute approximate surface area is 147 Å². The second-order valence-electron chi connectivity index (χ2n) is 7.00. The molecule has 25 heavy (non-hydrogen) atoms. The molecule has 1 aliphatic carbocycles. The van der Waals surface area contributed by atoms with E-state index in [1.807, 2.05) is 31.2 Å². The molecule has 2 aliphatic rings. The van der Waals surface area contributed by atoms with Crippen LogP contribution in [0.15, 0.2) is 24.3 Å². The predicted octanol–water partition coefficient (Wildman–Crippen LogP) is 2.21. The minimum absolute atomic E-state index is 0.0246. The van der Waals surface area contributed by atoms with Crippen molar-refractivity contribution in [2.75, 3.05) is 20.2 Å². The second-order valence-corrected chi connectivity index (χ2v) is 7.00. The smallest absolute Gasteiger partial charge is 0.334 e. The van der Waals surface area contributed by atoms with Crippen LogP contribution >= 0.6 is 0 Å². The summed E-state index contributed by atoms with van der Waals surface area (Å²) in [5.74, 6) is -0.235. The van der Waals surface area contributed by atoms with E-state index in [2.05, 4.69) is 0 Å². The number of nitrogens with zero attached hydrogens (tertiary/aromatic N) is 1. The number of ether oxygens (including phenoxy) is 2. The Balaban J connectivity index is 1.88. The first-order valence-corrected chi connectivity index (χ1v) is 8.78. The number of rotatable bonds is 4. The summed E-state index contributed by atoms with van der Waals surface area (Å²) in [4.78, 5) is 26.5. The third-order valence-electron chi connectivity index (χ3n) is 5.33. The Morgan fingerprint density at radius 1 is 1.20 bits per heavy atom. The second kappa shape index (κ2) is 7.04. The van der Waals surface area contributed by atoms with Crippen molar-refractivity contribution in [2.24, 2.45) is 0 Å². The minimum atomic E-state index is -1.02.